The predicted molar refractivity (Wildman–Crippen MR) is 207 cm³/mol. The molecule has 51 heavy (non-hydrogen) atoms. The van der Waals surface area contributed by atoms with Crippen LogP contribution in [0.5, 0.6) is 0 Å². The van der Waals surface area contributed by atoms with Gasteiger partial charge in [-0.25, -0.2) is 4.79 Å². The summed E-state index contributed by atoms with van der Waals surface area (Å²) in [6, 6.07) is 24.5. The van der Waals surface area contributed by atoms with Crippen molar-refractivity contribution in [3.8, 4) is 0 Å². The van der Waals surface area contributed by atoms with Gasteiger partial charge in [0, 0.05) is 91.6 Å². The maximum atomic E-state index is 11.4. The molecule has 0 saturated carbocycles. The zero-order valence-corrected chi connectivity index (χ0v) is 39.4. The number of aryl methyl sites for hydroxylation is 3. The summed E-state index contributed by atoms with van der Waals surface area (Å²) in [4.78, 5) is 20.9. The monoisotopic (exact) mass is 860 g/mol. The number of epoxide rings is 1. The number of nitrogens with two attached hydrogens (primary N) is 1. The van der Waals surface area contributed by atoms with E-state index in [1.165, 1.54) is 33.4 Å². The molecule has 2 radical (unpaired) electrons. The molecule has 3 unspecified atom stereocenters. The molecule has 2 aliphatic heterocycles. The Morgan fingerprint density at radius 3 is 1.45 bits per heavy atom. The van der Waals surface area contributed by atoms with Gasteiger partial charge in [-0.05, 0) is 74.9 Å². The van der Waals surface area contributed by atoms with E-state index in [4.69, 9.17) is 25.1 Å². The van der Waals surface area contributed by atoms with Crippen LogP contribution in [0, 0.1) is 20.8 Å². The molecular formula is C41H68N3O5Y2-. The summed E-state index contributed by atoms with van der Waals surface area (Å²) >= 11 is 0. The zero-order valence-electron chi connectivity index (χ0n) is 33.7. The second-order valence-electron chi connectivity index (χ2n) is 10.7. The molecule has 2 fully saturated rings. The number of ether oxygens (including phenoxy) is 2. The standard InChI is InChI=1S/C12H15NO2.C11H17NO.C8H11N.C3H6O.3C2H6.CHO.2Y/c1-9-5-3-4-6-11(9)8-13-7-10(2)15-12(13)14;1-9-5-3-4-6-11(9)8-12-7-10(2)13;1-7-4-2-3-5-8(7)6-9;1-3-2-4-3;4*1-2;;/h3-6,10H,7-8H2,1-2H3;3-6,10,12-13H,7-8H2,1-2H3;2-5H,6,9H2,1H3;3H,2H2,1H3;3*1-2H3;1H;;/q;;;;;;;-1;;. The zero-order chi connectivity index (χ0) is 38.2. The van der Waals surface area contributed by atoms with Crippen LogP contribution in [0.1, 0.15) is 95.7 Å². The summed E-state index contributed by atoms with van der Waals surface area (Å²) in [5, 5.41) is 12.2. The summed E-state index contributed by atoms with van der Waals surface area (Å²) in [5.74, 6) is 0. The van der Waals surface area contributed by atoms with E-state index in [0.717, 1.165) is 13.2 Å². The van der Waals surface area contributed by atoms with E-state index in [2.05, 4.69) is 70.1 Å². The molecule has 8 nitrogen and oxygen atoms in total. The Morgan fingerprint density at radius 1 is 0.784 bits per heavy atom. The topological polar surface area (TPSA) is 117 Å². The van der Waals surface area contributed by atoms with Gasteiger partial charge in [0.1, 0.15) is 6.10 Å². The first-order valence-electron chi connectivity index (χ1n) is 17.6. The minimum Gasteiger partial charge on any atom is -0.545 e. The molecule has 2 aliphatic rings. The first kappa shape index (κ1) is 58.9. The number of amides is 1. The Kier molecular flexibility index (Phi) is 46.1. The number of carbonyl (C=O) groups excluding carboxylic acids is 2. The van der Waals surface area contributed by atoms with E-state index >= 15 is 0 Å². The van der Waals surface area contributed by atoms with Crippen molar-refractivity contribution in [2.75, 3.05) is 19.7 Å². The summed E-state index contributed by atoms with van der Waals surface area (Å²) in [6.45, 7) is 31.7. The van der Waals surface area contributed by atoms with Crippen LogP contribution < -0.4 is 11.1 Å². The van der Waals surface area contributed by atoms with Crippen molar-refractivity contribution in [2.24, 2.45) is 5.73 Å². The number of hydrogen-bond acceptors (Lipinski definition) is 7. The molecule has 0 aromatic heterocycles. The first-order chi connectivity index (χ1) is 23.6. The van der Waals surface area contributed by atoms with Gasteiger partial charge in [-0.15, -0.1) is 0 Å². The van der Waals surface area contributed by atoms with Gasteiger partial charge in [-0.1, -0.05) is 114 Å². The van der Waals surface area contributed by atoms with Crippen LogP contribution in [0.15, 0.2) is 72.8 Å². The number of aliphatic hydroxyl groups is 1. The van der Waals surface area contributed by atoms with Crippen molar-refractivity contribution in [1.82, 2.24) is 10.2 Å². The molecule has 0 spiro atoms. The number of nitrogens with one attached hydrogen (secondary N) is 1. The Hall–Kier alpha value is -1.35. The van der Waals surface area contributed by atoms with Gasteiger partial charge in [-0.2, -0.15) is 0 Å². The van der Waals surface area contributed by atoms with E-state index in [1.54, 1.807) is 11.8 Å². The SMILES string of the molecule is CC.CC.CC.CC1CO1.Cc1ccccc1CN.Cc1ccccc1CN1CC(C)OC1=O.Cc1ccccc1CNCC(C)O.[CH-]=O.[Y].[Y]. The number of cyclic esters (lactones) is 1. The Morgan fingerprint density at radius 2 is 1.16 bits per heavy atom. The molecule has 5 rings (SSSR count). The summed E-state index contributed by atoms with van der Waals surface area (Å²) < 4.78 is 9.78. The average molecular weight is 861 g/mol. The fourth-order valence-corrected chi connectivity index (χ4v) is 3.95. The fourth-order valence-electron chi connectivity index (χ4n) is 3.95. The molecule has 10 heteroatoms. The van der Waals surface area contributed by atoms with Crippen molar-refractivity contribution in [2.45, 2.75) is 121 Å². The average Bonchev–Trinajstić information content (AvgIpc) is 3.85. The van der Waals surface area contributed by atoms with Gasteiger partial charge in [0.15, 0.2) is 0 Å². The summed E-state index contributed by atoms with van der Waals surface area (Å²) in [6.07, 6.45) is 0.122. The van der Waals surface area contributed by atoms with Gasteiger partial charge in [0.2, 0.25) is 0 Å². The molecule has 1 amide bonds. The second kappa shape index (κ2) is 39.8. The second-order valence-corrected chi connectivity index (χ2v) is 10.7. The minimum absolute atomic E-state index is 0. The Bertz CT molecular complexity index is 1210. The summed E-state index contributed by atoms with van der Waals surface area (Å²) in [5.41, 5.74) is 12.9. The van der Waals surface area contributed by atoms with E-state index < -0.39 is 0 Å². The van der Waals surface area contributed by atoms with Crippen molar-refractivity contribution in [3.05, 3.63) is 106 Å². The third-order valence-electron chi connectivity index (χ3n) is 6.66. The third-order valence-corrected chi connectivity index (χ3v) is 6.66. The van der Waals surface area contributed by atoms with Crippen LogP contribution in [0.2, 0.25) is 0 Å². The molecule has 3 aromatic carbocycles. The molecule has 3 aromatic rings. The minimum atomic E-state index is -0.274. The fraction of sp³-hybridized carbons (Fsp3) is 0.512. The maximum absolute atomic E-state index is 11.4. The van der Waals surface area contributed by atoms with E-state index in [1.807, 2.05) is 90.9 Å². The van der Waals surface area contributed by atoms with E-state index in [9.17, 15) is 4.79 Å². The molecule has 2 heterocycles. The number of aliphatic hydroxyl groups excluding tert-OH is 1. The first-order valence-corrected chi connectivity index (χ1v) is 17.6. The number of hydrogen-bond donors (Lipinski definition) is 3. The van der Waals surface area contributed by atoms with Gasteiger partial charge >= 0.3 is 6.09 Å². The molecular weight excluding hydrogens is 792 g/mol. The Labute approximate surface area is 362 Å². The normalized spacial score (nSPS) is 14.5. The van der Waals surface area contributed by atoms with E-state index in [0.29, 0.717) is 32.3 Å². The third kappa shape index (κ3) is 30.8. The van der Waals surface area contributed by atoms with Crippen LogP contribution in [0.3, 0.4) is 0 Å². The van der Waals surface area contributed by atoms with Crippen LogP contribution in [0.25, 0.3) is 0 Å². The smallest absolute Gasteiger partial charge is 0.410 e. The van der Waals surface area contributed by atoms with Crippen LogP contribution >= 0.6 is 0 Å². The molecule has 0 aliphatic carbocycles. The molecule has 0 bridgehead atoms. The maximum Gasteiger partial charge on any atom is 0.410 e. The van der Waals surface area contributed by atoms with Crippen LogP contribution in [-0.2, 0) is 99.3 Å². The number of carbonyl (C=O) groups is 1. The van der Waals surface area contributed by atoms with Gasteiger partial charge < -0.3 is 35.3 Å². The molecule has 3 atom stereocenters. The van der Waals surface area contributed by atoms with Gasteiger partial charge in [-0.3, -0.25) is 6.79 Å². The summed E-state index contributed by atoms with van der Waals surface area (Å²) in [7, 11) is 0. The predicted octanol–water partition coefficient (Wildman–Crippen LogP) is 8.46. The van der Waals surface area contributed by atoms with Gasteiger partial charge in [0.05, 0.1) is 25.4 Å². The van der Waals surface area contributed by atoms with Gasteiger partial charge in [0.25, 0.3) is 0 Å². The quantitative estimate of drug-likeness (QED) is 0.124. The van der Waals surface area contributed by atoms with Crippen molar-refractivity contribution in [3.63, 3.8) is 0 Å². The van der Waals surface area contributed by atoms with Crippen molar-refractivity contribution >= 4 is 12.9 Å². The van der Waals surface area contributed by atoms with Crippen LogP contribution in [-0.4, -0.2) is 60.9 Å². The molecule has 284 valence electrons. The van der Waals surface area contributed by atoms with E-state index in [-0.39, 0.29) is 83.7 Å². The number of rotatable bonds is 7. The van der Waals surface area contributed by atoms with Crippen molar-refractivity contribution < 1.29 is 89.6 Å². The van der Waals surface area contributed by atoms with Crippen molar-refractivity contribution in [1.29, 1.82) is 0 Å². The number of benzene rings is 3. The number of nitrogens with zero attached hydrogens (tertiary/aromatic N) is 1. The van der Waals surface area contributed by atoms with Crippen LogP contribution in [0.4, 0.5) is 4.79 Å². The molecule has 4 N–H and O–H groups in total. The Balaban J connectivity index is -0.000000179. The largest absolute Gasteiger partial charge is 0.545 e. The molecule has 2 saturated heterocycles.